The Kier molecular flexibility index (Phi) is 5.30. The van der Waals surface area contributed by atoms with Crippen LogP contribution in [0.25, 0.3) is 0 Å². The molecular weight excluding hydrogens is 336 g/mol. The zero-order valence-electron chi connectivity index (χ0n) is 16.5. The van der Waals surface area contributed by atoms with Crippen molar-refractivity contribution in [3.63, 3.8) is 0 Å². The van der Waals surface area contributed by atoms with E-state index < -0.39 is 0 Å². The first kappa shape index (κ1) is 18.2. The molecule has 144 valence electrons. The number of rotatable bonds is 4. The van der Waals surface area contributed by atoms with E-state index in [-0.39, 0.29) is 0 Å². The summed E-state index contributed by atoms with van der Waals surface area (Å²) in [4.78, 5) is 13.6. The minimum absolute atomic E-state index is 0.419. The van der Waals surface area contributed by atoms with Crippen molar-refractivity contribution >= 4 is 5.82 Å². The molecule has 0 bridgehead atoms. The van der Waals surface area contributed by atoms with Crippen molar-refractivity contribution in [1.82, 2.24) is 14.9 Å². The van der Waals surface area contributed by atoms with Crippen molar-refractivity contribution in [2.75, 3.05) is 44.7 Å². The summed E-state index contributed by atoms with van der Waals surface area (Å²) in [5.74, 6) is 2.27. The SMILES string of the molecule is CCN1C[C@@H](c2ccccc2)CC2(CCN(c3cc(OC)ncn3)CC2)C1. The van der Waals surface area contributed by atoms with Gasteiger partial charge in [0.05, 0.1) is 7.11 Å². The largest absolute Gasteiger partial charge is 0.481 e. The summed E-state index contributed by atoms with van der Waals surface area (Å²) < 4.78 is 5.26. The Bertz CT molecular complexity index is 743. The molecule has 2 aliphatic heterocycles. The molecule has 0 saturated carbocycles. The molecule has 0 radical (unpaired) electrons. The third kappa shape index (κ3) is 3.93. The third-order valence-corrected chi connectivity index (χ3v) is 6.42. The number of likely N-dealkylation sites (N-methyl/N-ethyl adjacent to an activating group) is 1. The quantitative estimate of drug-likeness (QED) is 0.827. The van der Waals surface area contributed by atoms with Crippen LogP contribution in [-0.4, -0.2) is 54.7 Å². The molecule has 1 aromatic carbocycles. The van der Waals surface area contributed by atoms with Crippen LogP contribution in [0.4, 0.5) is 5.82 Å². The summed E-state index contributed by atoms with van der Waals surface area (Å²) in [6, 6.07) is 13.0. The number of piperidine rings is 2. The lowest BCUT2D eigenvalue weighted by Crippen LogP contribution is -2.51. The molecule has 0 amide bonds. The number of anilines is 1. The standard InChI is InChI=1S/C22H30N4O/c1-3-25-15-19(18-7-5-4-6-8-18)14-22(16-25)9-11-26(12-10-22)20-13-21(27-2)24-17-23-20/h4-8,13,17,19H,3,9-12,14-16H2,1-2H3/t19-/m0/s1. The number of benzene rings is 1. The van der Waals surface area contributed by atoms with Crippen molar-refractivity contribution in [3.05, 3.63) is 48.3 Å². The minimum atomic E-state index is 0.419. The molecule has 2 aromatic rings. The predicted molar refractivity (Wildman–Crippen MR) is 108 cm³/mol. The van der Waals surface area contributed by atoms with Gasteiger partial charge in [0, 0.05) is 32.2 Å². The summed E-state index contributed by atoms with van der Waals surface area (Å²) in [6.45, 7) is 7.96. The monoisotopic (exact) mass is 366 g/mol. The molecule has 2 aliphatic rings. The van der Waals surface area contributed by atoms with Crippen LogP contribution < -0.4 is 9.64 Å². The Hall–Kier alpha value is -2.14. The molecule has 0 unspecified atom stereocenters. The number of aromatic nitrogens is 2. The Morgan fingerprint density at radius 2 is 1.93 bits per heavy atom. The van der Waals surface area contributed by atoms with E-state index in [0.29, 0.717) is 17.2 Å². The maximum Gasteiger partial charge on any atom is 0.218 e. The molecule has 5 heteroatoms. The van der Waals surface area contributed by atoms with Gasteiger partial charge in [-0.1, -0.05) is 37.3 Å². The molecule has 0 N–H and O–H groups in total. The van der Waals surface area contributed by atoms with Crippen molar-refractivity contribution in [2.45, 2.75) is 32.1 Å². The summed E-state index contributed by atoms with van der Waals surface area (Å²) in [5.41, 5.74) is 1.92. The Balaban J connectivity index is 1.48. The van der Waals surface area contributed by atoms with Gasteiger partial charge in [-0.25, -0.2) is 9.97 Å². The second-order valence-corrected chi connectivity index (χ2v) is 8.05. The molecule has 1 aromatic heterocycles. The molecular formula is C22H30N4O. The fourth-order valence-corrected chi connectivity index (χ4v) is 4.88. The van der Waals surface area contributed by atoms with E-state index in [9.17, 15) is 0 Å². The average molecular weight is 367 g/mol. The molecule has 2 fully saturated rings. The van der Waals surface area contributed by atoms with Gasteiger partial charge >= 0.3 is 0 Å². The minimum Gasteiger partial charge on any atom is -0.481 e. The van der Waals surface area contributed by atoms with Crippen LogP contribution in [0.1, 0.15) is 37.7 Å². The maximum atomic E-state index is 5.26. The van der Waals surface area contributed by atoms with Crippen molar-refractivity contribution in [2.24, 2.45) is 5.41 Å². The van der Waals surface area contributed by atoms with Gasteiger partial charge in [-0.05, 0) is 42.7 Å². The van der Waals surface area contributed by atoms with Crippen LogP contribution in [0.2, 0.25) is 0 Å². The van der Waals surface area contributed by atoms with E-state index in [4.69, 9.17) is 4.74 Å². The fourth-order valence-electron chi connectivity index (χ4n) is 4.88. The van der Waals surface area contributed by atoms with Gasteiger partial charge in [0.1, 0.15) is 12.1 Å². The van der Waals surface area contributed by atoms with Gasteiger partial charge in [0.15, 0.2) is 0 Å². The van der Waals surface area contributed by atoms with Gasteiger partial charge in [-0.3, -0.25) is 0 Å². The zero-order valence-corrected chi connectivity index (χ0v) is 16.5. The fraction of sp³-hybridized carbons (Fsp3) is 0.545. The van der Waals surface area contributed by atoms with E-state index in [2.05, 4.69) is 57.0 Å². The Labute approximate surface area is 162 Å². The van der Waals surface area contributed by atoms with Gasteiger partial charge < -0.3 is 14.5 Å². The molecule has 1 atom stereocenters. The molecule has 4 rings (SSSR count). The van der Waals surface area contributed by atoms with Crippen LogP contribution in [-0.2, 0) is 0 Å². The van der Waals surface area contributed by atoms with Gasteiger partial charge in [-0.2, -0.15) is 0 Å². The van der Waals surface area contributed by atoms with E-state index >= 15 is 0 Å². The summed E-state index contributed by atoms with van der Waals surface area (Å²) in [7, 11) is 1.66. The highest BCUT2D eigenvalue weighted by molar-refractivity contribution is 5.41. The predicted octanol–water partition coefficient (Wildman–Crippen LogP) is 3.58. The number of hydrogen-bond acceptors (Lipinski definition) is 5. The van der Waals surface area contributed by atoms with Crippen molar-refractivity contribution in [1.29, 1.82) is 0 Å². The highest BCUT2D eigenvalue weighted by atomic mass is 16.5. The lowest BCUT2D eigenvalue weighted by atomic mass is 9.68. The number of methoxy groups -OCH3 is 1. The topological polar surface area (TPSA) is 41.5 Å². The Morgan fingerprint density at radius 1 is 1.15 bits per heavy atom. The molecule has 1 spiro atoms. The number of nitrogens with zero attached hydrogens (tertiary/aromatic N) is 4. The van der Waals surface area contributed by atoms with Crippen LogP contribution in [0.3, 0.4) is 0 Å². The highest BCUT2D eigenvalue weighted by Gasteiger charge is 2.42. The second kappa shape index (κ2) is 7.85. The number of ether oxygens (including phenoxy) is 1. The van der Waals surface area contributed by atoms with Crippen LogP contribution >= 0.6 is 0 Å². The summed E-state index contributed by atoms with van der Waals surface area (Å²) >= 11 is 0. The highest BCUT2D eigenvalue weighted by Crippen LogP contribution is 2.45. The normalized spacial score (nSPS) is 22.7. The molecule has 2 saturated heterocycles. The van der Waals surface area contributed by atoms with E-state index in [1.54, 1.807) is 13.4 Å². The van der Waals surface area contributed by atoms with Crippen LogP contribution in [0.15, 0.2) is 42.7 Å². The van der Waals surface area contributed by atoms with E-state index in [0.717, 1.165) is 25.5 Å². The van der Waals surface area contributed by atoms with Crippen molar-refractivity contribution < 1.29 is 4.74 Å². The lowest BCUT2D eigenvalue weighted by Gasteiger charge is -2.50. The van der Waals surface area contributed by atoms with Gasteiger partial charge in [0.2, 0.25) is 5.88 Å². The first-order chi connectivity index (χ1) is 13.2. The number of hydrogen-bond donors (Lipinski definition) is 0. The van der Waals surface area contributed by atoms with Gasteiger partial charge in [-0.15, -0.1) is 0 Å². The average Bonchev–Trinajstić information content (AvgIpc) is 2.74. The molecule has 5 nitrogen and oxygen atoms in total. The van der Waals surface area contributed by atoms with E-state index in [1.807, 2.05) is 6.07 Å². The second-order valence-electron chi connectivity index (χ2n) is 8.05. The van der Waals surface area contributed by atoms with E-state index in [1.165, 1.54) is 37.9 Å². The van der Waals surface area contributed by atoms with Crippen LogP contribution in [0.5, 0.6) is 5.88 Å². The first-order valence-corrected chi connectivity index (χ1v) is 10.1. The summed E-state index contributed by atoms with van der Waals surface area (Å²) in [5, 5.41) is 0. The smallest absolute Gasteiger partial charge is 0.218 e. The van der Waals surface area contributed by atoms with Gasteiger partial charge in [0.25, 0.3) is 0 Å². The molecule has 0 aliphatic carbocycles. The maximum absolute atomic E-state index is 5.26. The molecule has 3 heterocycles. The first-order valence-electron chi connectivity index (χ1n) is 10.1. The van der Waals surface area contributed by atoms with Crippen molar-refractivity contribution in [3.8, 4) is 5.88 Å². The lowest BCUT2D eigenvalue weighted by molar-refractivity contribution is 0.0543. The third-order valence-electron chi connectivity index (χ3n) is 6.42. The van der Waals surface area contributed by atoms with Crippen LogP contribution in [0, 0.1) is 5.41 Å². The summed E-state index contributed by atoms with van der Waals surface area (Å²) in [6.07, 6.45) is 5.34. The zero-order chi connectivity index (χ0) is 18.7. The molecule has 27 heavy (non-hydrogen) atoms. The Morgan fingerprint density at radius 3 is 2.63 bits per heavy atom. The number of likely N-dealkylation sites (tertiary alicyclic amines) is 1.